The maximum absolute atomic E-state index is 13.5. The summed E-state index contributed by atoms with van der Waals surface area (Å²) in [5, 5.41) is 3.57. The van der Waals surface area contributed by atoms with Gasteiger partial charge in [-0.3, -0.25) is 9.69 Å². The molecule has 29 heavy (non-hydrogen) atoms. The predicted octanol–water partition coefficient (Wildman–Crippen LogP) is 5.48. The summed E-state index contributed by atoms with van der Waals surface area (Å²) in [5.74, 6) is 0.0178. The lowest BCUT2D eigenvalue weighted by Gasteiger charge is -2.38. The van der Waals surface area contributed by atoms with E-state index in [0.717, 1.165) is 35.5 Å². The van der Waals surface area contributed by atoms with Gasteiger partial charge in [0.1, 0.15) is 6.17 Å². The molecule has 0 spiro atoms. The van der Waals surface area contributed by atoms with Crippen LogP contribution in [-0.4, -0.2) is 20.0 Å². The molecule has 0 saturated carbocycles. The van der Waals surface area contributed by atoms with E-state index in [1.54, 1.807) is 0 Å². The quantitative estimate of drug-likeness (QED) is 0.632. The number of hydrogen-bond acceptors (Lipinski definition) is 3. The van der Waals surface area contributed by atoms with Crippen LogP contribution >= 0.6 is 0 Å². The van der Waals surface area contributed by atoms with Gasteiger partial charge in [0.05, 0.1) is 5.56 Å². The fourth-order valence-electron chi connectivity index (χ4n) is 3.82. The van der Waals surface area contributed by atoms with Gasteiger partial charge in [0.15, 0.2) is 0 Å². The van der Waals surface area contributed by atoms with E-state index in [9.17, 15) is 4.79 Å². The van der Waals surface area contributed by atoms with Crippen molar-refractivity contribution in [3.63, 3.8) is 0 Å². The summed E-state index contributed by atoms with van der Waals surface area (Å²) < 4.78 is 0. The molecule has 4 rings (SSSR count). The van der Waals surface area contributed by atoms with Gasteiger partial charge in [0.2, 0.25) is 0 Å². The van der Waals surface area contributed by atoms with E-state index in [0.29, 0.717) is 5.56 Å². The first-order valence-electron chi connectivity index (χ1n) is 10.1. The Morgan fingerprint density at radius 2 is 1.62 bits per heavy atom. The summed E-state index contributed by atoms with van der Waals surface area (Å²) in [5.41, 5.74) is 5.95. The van der Waals surface area contributed by atoms with E-state index in [2.05, 4.69) is 65.7 Å². The highest BCUT2D eigenvalue weighted by Gasteiger charge is 2.33. The standard InChI is InChI=1S/C25H27N3O/c1-4-7-18-10-14-21(15-11-18)28-24(19-12-16-20(17-13-19)27(2)3)26-23-9-6-5-8-22(23)25(28)29/h5-6,8-17,24,26H,4,7H2,1-3H3. The minimum atomic E-state index is -0.259. The van der Waals surface area contributed by atoms with Gasteiger partial charge in [-0.05, 0) is 53.9 Å². The first-order chi connectivity index (χ1) is 14.1. The minimum absolute atomic E-state index is 0.0178. The van der Waals surface area contributed by atoms with Crippen LogP contribution in [0.15, 0.2) is 72.8 Å². The summed E-state index contributed by atoms with van der Waals surface area (Å²) in [7, 11) is 4.05. The van der Waals surface area contributed by atoms with E-state index in [1.807, 2.05) is 43.3 Å². The molecule has 3 aromatic carbocycles. The zero-order chi connectivity index (χ0) is 20.4. The van der Waals surface area contributed by atoms with E-state index < -0.39 is 0 Å². The number of amides is 1. The Balaban J connectivity index is 1.76. The van der Waals surface area contributed by atoms with Crippen molar-refractivity contribution in [2.24, 2.45) is 0 Å². The number of carbonyl (C=O) groups is 1. The molecular formula is C25H27N3O. The summed E-state index contributed by atoms with van der Waals surface area (Å²) >= 11 is 0. The maximum Gasteiger partial charge on any atom is 0.262 e. The highest BCUT2D eigenvalue weighted by Crippen LogP contribution is 2.37. The molecule has 0 saturated heterocycles. The molecular weight excluding hydrogens is 358 g/mol. The Bertz CT molecular complexity index is 993. The summed E-state index contributed by atoms with van der Waals surface area (Å²) in [6, 6.07) is 24.4. The molecule has 148 valence electrons. The van der Waals surface area contributed by atoms with E-state index in [1.165, 1.54) is 5.56 Å². The fraction of sp³-hybridized carbons (Fsp3) is 0.240. The van der Waals surface area contributed by atoms with Crippen LogP contribution in [0.2, 0.25) is 0 Å². The molecule has 0 radical (unpaired) electrons. The predicted molar refractivity (Wildman–Crippen MR) is 121 cm³/mol. The molecule has 1 heterocycles. The third-order valence-corrected chi connectivity index (χ3v) is 5.41. The number of anilines is 3. The smallest absolute Gasteiger partial charge is 0.262 e. The lowest BCUT2D eigenvalue weighted by atomic mass is 10.0. The zero-order valence-electron chi connectivity index (χ0n) is 17.2. The molecule has 1 amide bonds. The van der Waals surface area contributed by atoms with Crippen LogP contribution in [0.4, 0.5) is 17.1 Å². The van der Waals surface area contributed by atoms with Crippen LogP contribution in [0.25, 0.3) is 0 Å². The highest BCUT2D eigenvalue weighted by atomic mass is 16.2. The second kappa shape index (κ2) is 8.00. The summed E-state index contributed by atoms with van der Waals surface area (Å²) in [4.78, 5) is 17.4. The van der Waals surface area contributed by atoms with Crippen LogP contribution in [0.3, 0.4) is 0 Å². The number of carbonyl (C=O) groups excluding carboxylic acids is 1. The van der Waals surface area contributed by atoms with E-state index >= 15 is 0 Å². The number of nitrogens with zero attached hydrogens (tertiary/aromatic N) is 2. The zero-order valence-corrected chi connectivity index (χ0v) is 17.2. The van der Waals surface area contributed by atoms with Crippen molar-refractivity contribution in [1.82, 2.24) is 0 Å². The molecule has 1 N–H and O–H groups in total. The molecule has 0 aliphatic carbocycles. The number of rotatable bonds is 5. The minimum Gasteiger partial charge on any atom is -0.378 e. The SMILES string of the molecule is CCCc1ccc(N2C(=O)c3ccccc3NC2c2ccc(N(C)C)cc2)cc1. The Morgan fingerprint density at radius 1 is 0.931 bits per heavy atom. The monoisotopic (exact) mass is 385 g/mol. The molecule has 4 heteroatoms. The molecule has 0 aromatic heterocycles. The first kappa shape index (κ1) is 19.1. The van der Waals surface area contributed by atoms with Gasteiger partial charge in [-0.1, -0.05) is 49.7 Å². The Labute approximate surface area is 172 Å². The van der Waals surface area contributed by atoms with Crippen molar-refractivity contribution in [2.75, 3.05) is 29.2 Å². The highest BCUT2D eigenvalue weighted by molar-refractivity contribution is 6.12. The second-order valence-electron chi connectivity index (χ2n) is 7.67. The number of nitrogens with one attached hydrogen (secondary N) is 1. The van der Waals surface area contributed by atoms with Crippen molar-refractivity contribution in [3.8, 4) is 0 Å². The van der Waals surface area contributed by atoms with Crippen molar-refractivity contribution in [1.29, 1.82) is 0 Å². The van der Waals surface area contributed by atoms with Gasteiger partial charge in [0.25, 0.3) is 5.91 Å². The van der Waals surface area contributed by atoms with Crippen molar-refractivity contribution in [3.05, 3.63) is 89.5 Å². The van der Waals surface area contributed by atoms with Crippen LogP contribution in [0, 0.1) is 0 Å². The Hall–Kier alpha value is -3.27. The van der Waals surface area contributed by atoms with Crippen molar-refractivity contribution < 1.29 is 4.79 Å². The first-order valence-corrected chi connectivity index (χ1v) is 10.1. The number of benzene rings is 3. The van der Waals surface area contributed by atoms with Gasteiger partial charge >= 0.3 is 0 Å². The van der Waals surface area contributed by atoms with Crippen molar-refractivity contribution in [2.45, 2.75) is 25.9 Å². The summed E-state index contributed by atoms with van der Waals surface area (Å²) in [6.07, 6.45) is 1.90. The molecule has 1 aliphatic heterocycles. The van der Waals surface area contributed by atoms with Crippen molar-refractivity contribution >= 4 is 23.0 Å². The lowest BCUT2D eigenvalue weighted by Crippen LogP contribution is -2.43. The maximum atomic E-state index is 13.5. The lowest BCUT2D eigenvalue weighted by molar-refractivity contribution is 0.0975. The average molecular weight is 386 g/mol. The third-order valence-electron chi connectivity index (χ3n) is 5.41. The topological polar surface area (TPSA) is 35.6 Å². The number of fused-ring (bicyclic) bond motifs is 1. The Morgan fingerprint density at radius 3 is 2.28 bits per heavy atom. The molecule has 1 atom stereocenters. The normalized spacial score (nSPS) is 15.6. The largest absolute Gasteiger partial charge is 0.378 e. The van der Waals surface area contributed by atoms with Gasteiger partial charge in [-0.25, -0.2) is 0 Å². The fourth-order valence-corrected chi connectivity index (χ4v) is 3.82. The Kier molecular flexibility index (Phi) is 5.26. The van der Waals surface area contributed by atoms with E-state index in [-0.39, 0.29) is 12.1 Å². The van der Waals surface area contributed by atoms with Crippen LogP contribution in [0.1, 0.15) is 41.0 Å². The van der Waals surface area contributed by atoms with Gasteiger partial charge < -0.3 is 10.2 Å². The van der Waals surface area contributed by atoms with Crippen LogP contribution in [-0.2, 0) is 6.42 Å². The average Bonchev–Trinajstić information content (AvgIpc) is 2.75. The van der Waals surface area contributed by atoms with E-state index in [4.69, 9.17) is 0 Å². The van der Waals surface area contributed by atoms with Crippen LogP contribution in [0.5, 0.6) is 0 Å². The van der Waals surface area contributed by atoms with Gasteiger partial charge in [-0.15, -0.1) is 0 Å². The number of para-hydroxylation sites is 1. The number of hydrogen-bond donors (Lipinski definition) is 1. The molecule has 4 nitrogen and oxygen atoms in total. The molecule has 1 unspecified atom stereocenters. The second-order valence-corrected chi connectivity index (χ2v) is 7.67. The molecule has 0 fully saturated rings. The third kappa shape index (κ3) is 3.70. The molecule has 1 aliphatic rings. The van der Waals surface area contributed by atoms with Gasteiger partial charge in [-0.2, -0.15) is 0 Å². The molecule has 3 aromatic rings. The van der Waals surface area contributed by atoms with Gasteiger partial charge in [0, 0.05) is 31.2 Å². The molecule has 0 bridgehead atoms. The van der Waals surface area contributed by atoms with Crippen LogP contribution < -0.4 is 15.1 Å². The number of aryl methyl sites for hydroxylation is 1. The summed E-state index contributed by atoms with van der Waals surface area (Å²) in [6.45, 7) is 2.18.